The fourth-order valence-electron chi connectivity index (χ4n) is 1.72. The molecule has 0 aliphatic carbocycles. The SMILES string of the molecule is CCNC(C)c1ccccc1OCCCC#N. The van der Waals surface area contributed by atoms with Crippen molar-refractivity contribution < 1.29 is 4.74 Å². The Labute approximate surface area is 103 Å². The van der Waals surface area contributed by atoms with E-state index in [0.29, 0.717) is 13.0 Å². The van der Waals surface area contributed by atoms with Crippen LogP contribution in [-0.4, -0.2) is 13.2 Å². The second-order valence-corrected chi connectivity index (χ2v) is 3.93. The van der Waals surface area contributed by atoms with Crippen molar-refractivity contribution in [2.75, 3.05) is 13.2 Å². The summed E-state index contributed by atoms with van der Waals surface area (Å²) in [5, 5.41) is 11.8. The molecule has 0 bridgehead atoms. The van der Waals surface area contributed by atoms with Crippen LogP contribution in [-0.2, 0) is 0 Å². The van der Waals surface area contributed by atoms with Crippen molar-refractivity contribution in [1.82, 2.24) is 5.32 Å². The minimum absolute atomic E-state index is 0.284. The number of nitriles is 1. The molecule has 3 heteroatoms. The van der Waals surface area contributed by atoms with Gasteiger partial charge in [0.2, 0.25) is 0 Å². The Morgan fingerprint density at radius 3 is 2.88 bits per heavy atom. The Morgan fingerprint density at radius 1 is 1.41 bits per heavy atom. The highest BCUT2D eigenvalue weighted by atomic mass is 16.5. The molecule has 1 aromatic carbocycles. The molecule has 92 valence electrons. The van der Waals surface area contributed by atoms with Crippen LogP contribution in [0.3, 0.4) is 0 Å². The summed E-state index contributed by atoms with van der Waals surface area (Å²) < 4.78 is 5.72. The van der Waals surface area contributed by atoms with E-state index in [4.69, 9.17) is 10.00 Å². The summed E-state index contributed by atoms with van der Waals surface area (Å²) >= 11 is 0. The molecule has 0 spiro atoms. The van der Waals surface area contributed by atoms with Crippen LogP contribution in [0.25, 0.3) is 0 Å². The summed E-state index contributed by atoms with van der Waals surface area (Å²) in [6, 6.07) is 10.5. The molecule has 1 aromatic rings. The third-order valence-electron chi connectivity index (χ3n) is 2.59. The Hall–Kier alpha value is -1.53. The second-order valence-electron chi connectivity index (χ2n) is 3.93. The van der Waals surface area contributed by atoms with Gasteiger partial charge >= 0.3 is 0 Å². The average molecular weight is 232 g/mol. The maximum atomic E-state index is 8.46. The highest BCUT2D eigenvalue weighted by Gasteiger charge is 2.09. The van der Waals surface area contributed by atoms with Crippen LogP contribution < -0.4 is 10.1 Å². The Kier molecular flexibility index (Phi) is 6.13. The van der Waals surface area contributed by atoms with Gasteiger partial charge in [-0.05, 0) is 26.0 Å². The number of ether oxygens (including phenoxy) is 1. The molecule has 0 aliphatic rings. The lowest BCUT2D eigenvalue weighted by Gasteiger charge is -2.17. The van der Waals surface area contributed by atoms with Gasteiger partial charge in [-0.2, -0.15) is 5.26 Å². The highest BCUT2D eigenvalue weighted by molar-refractivity contribution is 5.35. The third kappa shape index (κ3) is 4.46. The highest BCUT2D eigenvalue weighted by Crippen LogP contribution is 2.24. The Bertz CT molecular complexity index is 371. The summed E-state index contributed by atoms with van der Waals surface area (Å²) in [6.45, 7) is 5.75. The number of para-hydroxylation sites is 1. The van der Waals surface area contributed by atoms with Gasteiger partial charge in [-0.25, -0.2) is 0 Å². The summed E-state index contributed by atoms with van der Waals surface area (Å²) in [6.07, 6.45) is 1.32. The van der Waals surface area contributed by atoms with E-state index in [9.17, 15) is 0 Å². The van der Waals surface area contributed by atoms with Gasteiger partial charge in [-0.3, -0.25) is 0 Å². The number of nitrogens with zero attached hydrogens (tertiary/aromatic N) is 1. The van der Waals surface area contributed by atoms with E-state index in [-0.39, 0.29) is 6.04 Å². The monoisotopic (exact) mass is 232 g/mol. The van der Waals surface area contributed by atoms with E-state index >= 15 is 0 Å². The molecule has 17 heavy (non-hydrogen) atoms. The molecule has 1 N–H and O–H groups in total. The van der Waals surface area contributed by atoms with Gasteiger partial charge < -0.3 is 10.1 Å². The van der Waals surface area contributed by atoms with Crippen molar-refractivity contribution in [2.45, 2.75) is 32.7 Å². The zero-order valence-electron chi connectivity index (χ0n) is 10.6. The fraction of sp³-hybridized carbons (Fsp3) is 0.500. The Balaban J connectivity index is 2.61. The predicted octanol–water partition coefficient (Wildman–Crippen LogP) is 3.04. The molecular formula is C14H20N2O. The fourth-order valence-corrected chi connectivity index (χ4v) is 1.72. The van der Waals surface area contributed by atoms with Crippen molar-refractivity contribution in [3.05, 3.63) is 29.8 Å². The van der Waals surface area contributed by atoms with E-state index in [0.717, 1.165) is 18.7 Å². The molecule has 1 atom stereocenters. The maximum Gasteiger partial charge on any atom is 0.124 e. The van der Waals surface area contributed by atoms with Crippen LogP contribution >= 0.6 is 0 Å². The number of rotatable bonds is 7. The first-order chi connectivity index (χ1) is 8.29. The first kappa shape index (κ1) is 13.5. The van der Waals surface area contributed by atoms with E-state index in [1.54, 1.807) is 0 Å². The number of hydrogen-bond acceptors (Lipinski definition) is 3. The third-order valence-corrected chi connectivity index (χ3v) is 2.59. The van der Waals surface area contributed by atoms with Crippen LogP contribution in [0.2, 0.25) is 0 Å². The molecule has 0 saturated carbocycles. The molecule has 0 heterocycles. The van der Waals surface area contributed by atoms with Crippen molar-refractivity contribution >= 4 is 0 Å². The van der Waals surface area contributed by atoms with Gasteiger partial charge in [0.05, 0.1) is 12.7 Å². The van der Waals surface area contributed by atoms with Gasteiger partial charge in [0.1, 0.15) is 5.75 Å². The molecule has 0 amide bonds. The number of hydrogen-bond donors (Lipinski definition) is 1. The van der Waals surface area contributed by atoms with Crippen LogP contribution in [0.5, 0.6) is 5.75 Å². The van der Waals surface area contributed by atoms with E-state index in [2.05, 4.69) is 31.3 Å². The molecule has 0 aliphatic heterocycles. The smallest absolute Gasteiger partial charge is 0.124 e. The zero-order valence-corrected chi connectivity index (χ0v) is 10.6. The van der Waals surface area contributed by atoms with E-state index in [1.807, 2.05) is 18.2 Å². The topological polar surface area (TPSA) is 45.0 Å². The molecule has 0 radical (unpaired) electrons. The van der Waals surface area contributed by atoms with Crippen LogP contribution in [0.1, 0.15) is 38.3 Å². The molecule has 0 saturated heterocycles. The average Bonchev–Trinajstić information content (AvgIpc) is 2.35. The summed E-state index contributed by atoms with van der Waals surface area (Å²) in [5.41, 5.74) is 1.17. The quantitative estimate of drug-likeness (QED) is 0.735. The summed E-state index contributed by atoms with van der Waals surface area (Å²) in [5.74, 6) is 0.916. The normalized spacial score (nSPS) is 11.8. The number of nitrogens with one attached hydrogen (secondary N) is 1. The standard InChI is InChI=1S/C14H20N2O/c1-3-16-12(2)13-8-4-5-9-14(13)17-11-7-6-10-15/h4-5,8-9,12,16H,3,6-7,11H2,1-2H3. The molecule has 1 rings (SSSR count). The van der Waals surface area contributed by atoms with Crippen LogP contribution in [0.4, 0.5) is 0 Å². The van der Waals surface area contributed by atoms with Gasteiger partial charge in [0, 0.05) is 18.0 Å². The number of unbranched alkanes of at least 4 members (excludes halogenated alkanes) is 1. The minimum Gasteiger partial charge on any atom is -0.493 e. The van der Waals surface area contributed by atoms with Gasteiger partial charge in [0.15, 0.2) is 0 Å². The number of benzene rings is 1. The van der Waals surface area contributed by atoms with Gasteiger partial charge in [0.25, 0.3) is 0 Å². The summed E-state index contributed by atoms with van der Waals surface area (Å²) in [7, 11) is 0. The first-order valence-corrected chi connectivity index (χ1v) is 6.11. The predicted molar refractivity (Wildman–Crippen MR) is 68.9 cm³/mol. The molecule has 1 unspecified atom stereocenters. The Morgan fingerprint density at radius 2 is 2.18 bits per heavy atom. The van der Waals surface area contributed by atoms with Crippen molar-refractivity contribution in [1.29, 1.82) is 5.26 Å². The zero-order chi connectivity index (χ0) is 12.5. The van der Waals surface area contributed by atoms with Crippen LogP contribution in [0.15, 0.2) is 24.3 Å². The maximum absolute atomic E-state index is 8.46. The summed E-state index contributed by atoms with van der Waals surface area (Å²) in [4.78, 5) is 0. The minimum atomic E-state index is 0.284. The molecular weight excluding hydrogens is 212 g/mol. The molecule has 3 nitrogen and oxygen atoms in total. The first-order valence-electron chi connectivity index (χ1n) is 6.11. The van der Waals surface area contributed by atoms with E-state index < -0.39 is 0 Å². The van der Waals surface area contributed by atoms with E-state index in [1.165, 1.54) is 5.56 Å². The van der Waals surface area contributed by atoms with Gasteiger partial charge in [-0.1, -0.05) is 25.1 Å². The lowest BCUT2D eigenvalue weighted by molar-refractivity contribution is 0.306. The second kappa shape index (κ2) is 7.70. The van der Waals surface area contributed by atoms with Gasteiger partial charge in [-0.15, -0.1) is 0 Å². The van der Waals surface area contributed by atoms with Crippen molar-refractivity contribution in [2.24, 2.45) is 0 Å². The van der Waals surface area contributed by atoms with Crippen molar-refractivity contribution in [3.63, 3.8) is 0 Å². The lowest BCUT2D eigenvalue weighted by Crippen LogP contribution is -2.18. The molecule has 0 aromatic heterocycles. The largest absolute Gasteiger partial charge is 0.493 e. The molecule has 0 fully saturated rings. The van der Waals surface area contributed by atoms with Crippen LogP contribution in [0, 0.1) is 11.3 Å². The lowest BCUT2D eigenvalue weighted by atomic mass is 10.1. The van der Waals surface area contributed by atoms with Crippen molar-refractivity contribution in [3.8, 4) is 11.8 Å².